The second kappa shape index (κ2) is 13.5. The van der Waals surface area contributed by atoms with Crippen LogP contribution in [-0.2, 0) is 23.0 Å². The van der Waals surface area contributed by atoms with Gasteiger partial charge in [0.2, 0.25) is 5.13 Å². The Morgan fingerprint density at radius 3 is 2.35 bits per heavy atom. The van der Waals surface area contributed by atoms with Crippen LogP contribution in [-0.4, -0.2) is 43.4 Å². The number of carbonyl (C=O) groups is 1. The third kappa shape index (κ3) is 8.33. The highest BCUT2D eigenvalue weighted by molar-refractivity contribution is 7.86. The Morgan fingerprint density at radius 1 is 1.07 bits per heavy atom. The molecule has 11 heteroatoms. The number of hydrogen-bond acceptors (Lipinski definition) is 9. The van der Waals surface area contributed by atoms with Crippen LogP contribution in [0.1, 0.15) is 89.2 Å². The normalized spacial score (nSPS) is 14.3. The van der Waals surface area contributed by atoms with Crippen LogP contribution < -0.4 is 9.64 Å². The van der Waals surface area contributed by atoms with Crippen LogP contribution in [0.25, 0.3) is 0 Å². The van der Waals surface area contributed by atoms with Crippen molar-refractivity contribution in [1.82, 2.24) is 4.98 Å². The Morgan fingerprint density at radius 2 is 1.77 bits per heavy atom. The molecule has 1 N–H and O–H groups in total. The Balaban J connectivity index is 2.16. The van der Waals surface area contributed by atoms with Gasteiger partial charge in [0.25, 0.3) is 10.1 Å². The van der Waals surface area contributed by atoms with Gasteiger partial charge in [-0.2, -0.15) is 8.42 Å². The van der Waals surface area contributed by atoms with Gasteiger partial charge in [-0.15, -0.1) is 10.2 Å². The summed E-state index contributed by atoms with van der Waals surface area (Å²) >= 11 is 1.17. The molecule has 3 rings (SSSR count). The summed E-state index contributed by atoms with van der Waals surface area (Å²) in [5, 5.41) is 8.86. The number of nitrogens with zero attached hydrogens (tertiary/aromatic N) is 4. The van der Waals surface area contributed by atoms with Gasteiger partial charge in [0.15, 0.2) is 5.78 Å². The number of anilines is 1. The van der Waals surface area contributed by atoms with Gasteiger partial charge in [-0.3, -0.25) is 9.35 Å². The van der Waals surface area contributed by atoms with E-state index in [1.165, 1.54) is 11.3 Å². The number of azo groups is 1. The number of benzene rings is 1. The molecule has 0 saturated carbocycles. The van der Waals surface area contributed by atoms with Gasteiger partial charge in [0.05, 0.1) is 22.9 Å². The molecule has 0 radical (unpaired) electrons. The number of carbonyl (C=O) groups excluding carboxylic acids is 1. The molecule has 0 fully saturated rings. The Bertz CT molecular complexity index is 1330. The second-order valence-electron chi connectivity index (χ2n) is 12.3. The number of ether oxygens (including phenoxy) is 1. The lowest BCUT2D eigenvalue weighted by Gasteiger charge is -2.35. The van der Waals surface area contributed by atoms with Crippen molar-refractivity contribution >= 4 is 43.7 Å². The van der Waals surface area contributed by atoms with Crippen LogP contribution in [0.15, 0.2) is 21.2 Å². The molecule has 0 spiro atoms. The van der Waals surface area contributed by atoms with Crippen LogP contribution in [0.5, 0.6) is 5.75 Å². The van der Waals surface area contributed by atoms with Crippen LogP contribution in [0, 0.1) is 23.7 Å². The maximum atomic E-state index is 12.9. The molecule has 222 valence electrons. The van der Waals surface area contributed by atoms with Crippen molar-refractivity contribution in [3.8, 4) is 5.75 Å². The average molecular weight is 593 g/mol. The number of aromatic nitrogens is 1. The van der Waals surface area contributed by atoms with Crippen molar-refractivity contribution < 1.29 is 22.5 Å². The molecule has 0 aliphatic carbocycles. The molecule has 0 saturated heterocycles. The van der Waals surface area contributed by atoms with Gasteiger partial charge in [0, 0.05) is 31.1 Å². The molecule has 0 amide bonds. The Labute approximate surface area is 243 Å². The van der Waals surface area contributed by atoms with Gasteiger partial charge in [-0.25, -0.2) is 4.98 Å². The summed E-state index contributed by atoms with van der Waals surface area (Å²) in [5.74, 6) is 1.64. The van der Waals surface area contributed by atoms with E-state index >= 15 is 0 Å². The van der Waals surface area contributed by atoms with Gasteiger partial charge in [-0.1, -0.05) is 66.7 Å². The van der Waals surface area contributed by atoms with E-state index in [2.05, 4.69) is 47.8 Å². The number of Topliss-reactive ketones (excluding diaryl/α,β-unsaturated/α-hetero) is 1. The first-order valence-corrected chi connectivity index (χ1v) is 16.4. The smallest absolute Gasteiger partial charge is 0.297 e. The second-order valence-corrected chi connectivity index (χ2v) is 14.6. The van der Waals surface area contributed by atoms with Gasteiger partial charge >= 0.3 is 0 Å². The van der Waals surface area contributed by atoms with Gasteiger partial charge in [0.1, 0.15) is 16.3 Å². The molecule has 9 nitrogen and oxygen atoms in total. The first-order chi connectivity index (χ1) is 18.7. The zero-order valence-corrected chi connectivity index (χ0v) is 26.7. The zero-order valence-electron chi connectivity index (χ0n) is 25.0. The molecule has 1 aliphatic heterocycles. The molecule has 1 aromatic heterocycles. The van der Waals surface area contributed by atoms with E-state index in [-0.39, 0.29) is 33.3 Å². The number of rotatable bonds is 13. The fourth-order valence-corrected chi connectivity index (χ4v) is 6.58. The monoisotopic (exact) mass is 592 g/mol. The van der Waals surface area contributed by atoms with E-state index in [0.29, 0.717) is 65.3 Å². The summed E-state index contributed by atoms with van der Waals surface area (Å²) in [6.45, 7) is 18.3. The highest BCUT2D eigenvalue weighted by Gasteiger charge is 2.32. The van der Waals surface area contributed by atoms with E-state index in [9.17, 15) is 17.8 Å². The lowest BCUT2D eigenvalue weighted by molar-refractivity contribution is 0.0970. The molecule has 2 aromatic rings. The largest absolute Gasteiger partial charge is 0.491 e. The minimum atomic E-state index is -4.63. The lowest BCUT2D eigenvalue weighted by Crippen LogP contribution is -2.34. The van der Waals surface area contributed by atoms with Gasteiger partial charge in [-0.05, 0) is 42.9 Å². The molecule has 1 aliphatic rings. The van der Waals surface area contributed by atoms with E-state index in [4.69, 9.17) is 4.74 Å². The predicted octanol–water partition coefficient (Wildman–Crippen LogP) is 7.68. The highest BCUT2D eigenvalue weighted by atomic mass is 32.2. The fraction of sp³-hybridized carbons (Fsp3) is 0.655. The maximum Gasteiger partial charge on any atom is 0.297 e. The standard InChI is InChI=1S/C29H44N4O5S2/c1-17(2)12-22-27(24(34)13-18(3)4)39-29(30-22)32-31-23-14-25(38-16-20(7)8)26-21(28(23)40(35,36)37)10-9-11-33(26)15-19(5)6/h14,17-20H,9-13,15-16H2,1-8H3,(H,35,36,37). The number of fused-ring (bicyclic) bond motifs is 1. The summed E-state index contributed by atoms with van der Waals surface area (Å²) in [6, 6.07) is 1.56. The number of thiazole rings is 1. The molecular weight excluding hydrogens is 548 g/mol. The third-order valence-electron chi connectivity index (χ3n) is 6.26. The molecule has 0 unspecified atom stereocenters. The highest BCUT2D eigenvalue weighted by Crippen LogP contribution is 2.46. The Hall–Kier alpha value is -2.37. The topological polar surface area (TPSA) is 122 Å². The van der Waals surface area contributed by atoms with Crippen molar-refractivity contribution in [1.29, 1.82) is 0 Å². The maximum absolute atomic E-state index is 12.9. The predicted molar refractivity (Wildman–Crippen MR) is 161 cm³/mol. The number of ketones is 1. The van der Waals surface area contributed by atoms with Crippen LogP contribution in [0.2, 0.25) is 0 Å². The molecule has 40 heavy (non-hydrogen) atoms. The van der Waals surface area contributed by atoms with Crippen molar-refractivity contribution in [2.45, 2.75) is 86.0 Å². The molecule has 0 bridgehead atoms. The average Bonchev–Trinajstić information content (AvgIpc) is 3.21. The van der Waals surface area contributed by atoms with E-state index in [1.807, 2.05) is 27.7 Å². The lowest BCUT2D eigenvalue weighted by atomic mass is 9.98. The molecular formula is C29H44N4O5S2. The van der Waals surface area contributed by atoms with Crippen molar-refractivity contribution in [2.24, 2.45) is 33.9 Å². The third-order valence-corrected chi connectivity index (χ3v) is 8.25. The molecule has 2 heterocycles. The Kier molecular flexibility index (Phi) is 10.9. The summed E-state index contributed by atoms with van der Waals surface area (Å²) in [5.41, 5.74) is 1.88. The van der Waals surface area contributed by atoms with Crippen molar-refractivity contribution in [2.75, 3.05) is 24.6 Å². The first kappa shape index (κ1) is 32.1. The van der Waals surface area contributed by atoms with Gasteiger partial charge < -0.3 is 9.64 Å². The molecule has 1 aromatic carbocycles. The minimum Gasteiger partial charge on any atom is -0.491 e. The van der Waals surface area contributed by atoms with E-state index in [1.54, 1.807) is 6.07 Å². The summed E-state index contributed by atoms with van der Waals surface area (Å²) < 4.78 is 42.1. The zero-order chi connectivity index (χ0) is 29.8. The SMILES string of the molecule is CC(C)COc1cc(N=Nc2nc(CC(C)C)c(C(=O)CC(C)C)s2)c(S(=O)(=O)O)c2c1N(CC(C)C)CCC2. The van der Waals surface area contributed by atoms with Crippen LogP contribution in [0.4, 0.5) is 16.5 Å². The van der Waals surface area contributed by atoms with E-state index < -0.39 is 10.1 Å². The molecule has 0 atom stereocenters. The minimum absolute atomic E-state index is 0.00192. The van der Waals surface area contributed by atoms with Crippen molar-refractivity contribution in [3.05, 3.63) is 22.2 Å². The van der Waals surface area contributed by atoms with Crippen LogP contribution in [0.3, 0.4) is 0 Å². The first-order valence-electron chi connectivity index (χ1n) is 14.2. The quantitative estimate of drug-likeness (QED) is 0.144. The summed E-state index contributed by atoms with van der Waals surface area (Å²) in [4.78, 5) is 20.0. The summed E-state index contributed by atoms with van der Waals surface area (Å²) in [7, 11) is -4.63. The van der Waals surface area contributed by atoms with Crippen molar-refractivity contribution in [3.63, 3.8) is 0 Å². The summed E-state index contributed by atoms with van der Waals surface area (Å²) in [6.07, 6.45) is 2.23. The fourth-order valence-electron chi connectivity index (χ4n) is 4.84. The van der Waals surface area contributed by atoms with Crippen LogP contribution >= 0.6 is 11.3 Å². The number of hydrogen-bond donors (Lipinski definition) is 1. The van der Waals surface area contributed by atoms with E-state index in [0.717, 1.165) is 19.5 Å².